The number of benzene rings is 2. The summed E-state index contributed by atoms with van der Waals surface area (Å²) < 4.78 is 54.6. The van der Waals surface area contributed by atoms with Crippen molar-refractivity contribution >= 4 is 40.5 Å². The highest BCUT2D eigenvalue weighted by molar-refractivity contribution is 8.00. The third kappa shape index (κ3) is 9.38. The van der Waals surface area contributed by atoms with Crippen molar-refractivity contribution in [3.05, 3.63) is 60.2 Å². The fourth-order valence-corrected chi connectivity index (χ4v) is 6.08. The normalized spacial score (nSPS) is 17.4. The second-order valence-corrected chi connectivity index (χ2v) is 11.9. The van der Waals surface area contributed by atoms with E-state index in [9.17, 15) is 27.4 Å². The number of carbonyl (C=O) groups is 1. The van der Waals surface area contributed by atoms with Gasteiger partial charge in [-0.05, 0) is 61.4 Å². The summed E-state index contributed by atoms with van der Waals surface area (Å²) in [7, 11) is 0. The van der Waals surface area contributed by atoms with Gasteiger partial charge in [0.1, 0.15) is 0 Å². The molecule has 36 heavy (non-hydrogen) atoms. The molecule has 200 valence electrons. The van der Waals surface area contributed by atoms with Crippen LogP contribution in [0.2, 0.25) is 0 Å². The van der Waals surface area contributed by atoms with Gasteiger partial charge in [0.05, 0.1) is 0 Å². The number of thioether (sulfide) groups is 2. The molecule has 1 fully saturated rings. The number of hydrogen-bond acceptors (Lipinski definition) is 7. The zero-order valence-electron chi connectivity index (χ0n) is 20.3. The second-order valence-electron chi connectivity index (χ2n) is 7.91. The maximum absolute atomic E-state index is 13.0. The molecule has 2 N–H and O–H groups in total. The molecule has 0 saturated carbocycles. The van der Waals surface area contributed by atoms with E-state index in [1.54, 1.807) is 46.6 Å². The SMILES string of the molecule is CC.CC(Cc1ccccc1)(C(=O)NO)S(=O)ON1CCC(Sc2ccc(SC(F)(F)F)cc2)CC1. The number of nitrogens with zero attached hydrogens (tertiary/aromatic N) is 1. The van der Waals surface area contributed by atoms with E-state index < -0.39 is 27.2 Å². The molecule has 1 amide bonds. The van der Waals surface area contributed by atoms with E-state index in [4.69, 9.17) is 4.28 Å². The second kappa shape index (κ2) is 14.4. The number of rotatable bonds is 9. The van der Waals surface area contributed by atoms with E-state index in [0.717, 1.165) is 10.5 Å². The molecule has 0 radical (unpaired) electrons. The Labute approximate surface area is 220 Å². The number of hydroxylamine groups is 3. The van der Waals surface area contributed by atoms with Crippen molar-refractivity contribution in [1.29, 1.82) is 0 Å². The van der Waals surface area contributed by atoms with E-state index in [1.807, 2.05) is 32.0 Å². The Morgan fingerprint density at radius 3 is 2.17 bits per heavy atom. The molecule has 3 rings (SSSR count). The van der Waals surface area contributed by atoms with Crippen LogP contribution in [-0.2, 0) is 26.6 Å². The van der Waals surface area contributed by atoms with Crippen molar-refractivity contribution in [3.8, 4) is 0 Å². The van der Waals surface area contributed by atoms with Crippen LogP contribution in [-0.4, -0.2) is 49.0 Å². The molecule has 0 spiro atoms. The smallest absolute Gasteiger partial charge is 0.289 e. The van der Waals surface area contributed by atoms with Gasteiger partial charge in [-0.25, -0.2) is 9.69 Å². The quantitative estimate of drug-likeness (QED) is 0.220. The van der Waals surface area contributed by atoms with Gasteiger partial charge in [-0.2, -0.15) is 22.5 Å². The Kier molecular flexibility index (Phi) is 12.3. The summed E-state index contributed by atoms with van der Waals surface area (Å²) in [5.41, 5.74) is -1.93. The molecule has 12 heteroatoms. The minimum atomic E-state index is -4.31. The topological polar surface area (TPSA) is 78.9 Å². The van der Waals surface area contributed by atoms with Gasteiger partial charge in [-0.1, -0.05) is 44.2 Å². The van der Waals surface area contributed by atoms with Gasteiger partial charge in [0.15, 0.2) is 15.8 Å². The first-order valence-corrected chi connectivity index (χ1v) is 14.2. The number of carbonyl (C=O) groups excluding carboxylic acids is 1. The number of alkyl halides is 3. The number of piperidine rings is 1. The van der Waals surface area contributed by atoms with Gasteiger partial charge in [-0.15, -0.1) is 11.8 Å². The minimum absolute atomic E-state index is 0.113. The highest BCUT2D eigenvalue weighted by atomic mass is 32.2. The summed E-state index contributed by atoms with van der Waals surface area (Å²) in [4.78, 5) is 13.4. The summed E-state index contributed by atoms with van der Waals surface area (Å²) in [6.45, 7) is 6.44. The number of hydrogen-bond donors (Lipinski definition) is 2. The molecule has 2 aromatic rings. The van der Waals surface area contributed by atoms with Crippen LogP contribution in [0.4, 0.5) is 13.2 Å². The van der Waals surface area contributed by atoms with Crippen LogP contribution in [0.25, 0.3) is 0 Å². The van der Waals surface area contributed by atoms with Crippen molar-refractivity contribution in [1.82, 2.24) is 10.5 Å². The fourth-order valence-electron chi connectivity index (χ4n) is 3.43. The highest BCUT2D eigenvalue weighted by Gasteiger charge is 2.43. The predicted molar refractivity (Wildman–Crippen MR) is 138 cm³/mol. The first-order valence-electron chi connectivity index (χ1n) is 11.5. The molecule has 2 atom stereocenters. The standard InChI is InChI=1S/C22H25F3N2O4S3.C2H6/c1-21(20(28)26-29,15-16-5-3-2-4-6-16)34(30)31-27-13-11-18(12-14-27)32-17-7-9-19(10-8-17)33-22(23,24)25;1-2/h2-10,18,29H,11-15H2,1H3,(H,26,28);1-2H3. The molecule has 1 aliphatic rings. The maximum atomic E-state index is 13.0. The lowest BCUT2D eigenvalue weighted by Gasteiger charge is -2.33. The molecule has 0 bridgehead atoms. The maximum Gasteiger partial charge on any atom is 0.446 e. The molecule has 0 aliphatic carbocycles. The first-order chi connectivity index (χ1) is 17.1. The van der Waals surface area contributed by atoms with Crippen LogP contribution in [0.1, 0.15) is 39.2 Å². The largest absolute Gasteiger partial charge is 0.446 e. The molecular formula is C24H31F3N2O4S3. The summed E-state index contributed by atoms with van der Waals surface area (Å²) in [6, 6.07) is 15.3. The molecular weight excluding hydrogens is 533 g/mol. The van der Waals surface area contributed by atoms with Crippen LogP contribution >= 0.6 is 23.5 Å². The molecule has 1 heterocycles. The van der Waals surface area contributed by atoms with Crippen LogP contribution in [0, 0.1) is 0 Å². The molecule has 2 unspecified atom stereocenters. The Morgan fingerprint density at radius 1 is 1.08 bits per heavy atom. The number of nitrogens with one attached hydrogen (secondary N) is 1. The van der Waals surface area contributed by atoms with Crippen LogP contribution in [0.5, 0.6) is 0 Å². The summed E-state index contributed by atoms with van der Waals surface area (Å²) in [5, 5.41) is 11.0. The van der Waals surface area contributed by atoms with Crippen LogP contribution in [0.15, 0.2) is 64.4 Å². The zero-order valence-corrected chi connectivity index (χ0v) is 22.7. The van der Waals surface area contributed by atoms with Gasteiger partial charge in [-0.3, -0.25) is 10.0 Å². The van der Waals surface area contributed by atoms with Gasteiger partial charge in [0.25, 0.3) is 5.91 Å². The minimum Gasteiger partial charge on any atom is -0.289 e. The Balaban J connectivity index is 0.00000222. The van der Waals surface area contributed by atoms with Gasteiger partial charge in [0.2, 0.25) is 0 Å². The van der Waals surface area contributed by atoms with E-state index in [1.165, 1.54) is 19.1 Å². The van der Waals surface area contributed by atoms with Crippen molar-refractivity contribution in [3.63, 3.8) is 0 Å². The molecule has 1 saturated heterocycles. The number of halogens is 3. The van der Waals surface area contributed by atoms with Crippen LogP contribution < -0.4 is 5.48 Å². The third-order valence-electron chi connectivity index (χ3n) is 5.27. The average molecular weight is 565 g/mol. The van der Waals surface area contributed by atoms with Crippen molar-refractivity contribution in [2.75, 3.05) is 13.1 Å². The third-order valence-corrected chi connectivity index (χ3v) is 8.77. The van der Waals surface area contributed by atoms with E-state index >= 15 is 0 Å². The highest BCUT2D eigenvalue weighted by Crippen LogP contribution is 2.38. The lowest BCUT2D eigenvalue weighted by Crippen LogP contribution is -2.51. The monoisotopic (exact) mass is 564 g/mol. The van der Waals surface area contributed by atoms with Crippen molar-refractivity contribution in [2.24, 2.45) is 0 Å². The van der Waals surface area contributed by atoms with Gasteiger partial charge in [0, 0.05) is 34.6 Å². The number of amides is 1. The van der Waals surface area contributed by atoms with E-state index in [-0.39, 0.29) is 28.3 Å². The van der Waals surface area contributed by atoms with E-state index in [2.05, 4.69) is 0 Å². The Morgan fingerprint density at radius 2 is 1.64 bits per heavy atom. The fraction of sp³-hybridized carbons (Fsp3) is 0.458. The first kappa shape index (κ1) is 30.7. The van der Waals surface area contributed by atoms with Gasteiger partial charge >= 0.3 is 5.51 Å². The lowest BCUT2D eigenvalue weighted by atomic mass is 10.00. The van der Waals surface area contributed by atoms with Crippen molar-refractivity contribution < 1.29 is 31.7 Å². The lowest BCUT2D eigenvalue weighted by molar-refractivity contribution is -0.132. The zero-order chi connectivity index (χ0) is 26.8. The Hall–Kier alpha value is -1.57. The summed E-state index contributed by atoms with van der Waals surface area (Å²) >= 11 is -0.615. The molecule has 6 nitrogen and oxygen atoms in total. The van der Waals surface area contributed by atoms with Crippen molar-refractivity contribution in [2.45, 2.75) is 65.3 Å². The summed E-state index contributed by atoms with van der Waals surface area (Å²) in [5.74, 6) is -0.799. The average Bonchev–Trinajstić information content (AvgIpc) is 2.86. The molecule has 2 aromatic carbocycles. The Bertz CT molecular complexity index is 973. The van der Waals surface area contributed by atoms with E-state index in [0.29, 0.717) is 25.9 Å². The molecule has 1 aliphatic heterocycles. The summed E-state index contributed by atoms with van der Waals surface area (Å²) in [6.07, 6.45) is 1.53. The van der Waals surface area contributed by atoms with Crippen LogP contribution in [0.3, 0.4) is 0 Å². The molecule has 0 aromatic heterocycles. The predicted octanol–water partition coefficient (Wildman–Crippen LogP) is 5.98. The van der Waals surface area contributed by atoms with Gasteiger partial charge < -0.3 is 0 Å².